The van der Waals surface area contributed by atoms with Crippen LogP contribution in [0.4, 0.5) is 17.6 Å². The third-order valence-electron chi connectivity index (χ3n) is 3.08. The predicted molar refractivity (Wildman–Crippen MR) is 74.5 cm³/mol. The molecule has 0 saturated carbocycles. The summed E-state index contributed by atoms with van der Waals surface area (Å²) in [5, 5.41) is 20.3. The van der Waals surface area contributed by atoms with Crippen molar-refractivity contribution in [1.29, 1.82) is 0 Å². The molecule has 1 aromatic carbocycles. The number of hydrogen-bond acceptors (Lipinski definition) is 5. The van der Waals surface area contributed by atoms with Crippen LogP contribution < -0.4 is 5.32 Å². The van der Waals surface area contributed by atoms with Crippen LogP contribution in [0.3, 0.4) is 0 Å². The molecule has 0 spiro atoms. The molecule has 0 radical (unpaired) electrons. The minimum atomic E-state index is -5.23. The zero-order valence-electron chi connectivity index (χ0n) is 12.3. The van der Waals surface area contributed by atoms with Gasteiger partial charge in [0.15, 0.2) is 9.84 Å². The van der Waals surface area contributed by atoms with Gasteiger partial charge in [0.1, 0.15) is 12.8 Å². The van der Waals surface area contributed by atoms with Gasteiger partial charge in [0.05, 0.1) is 10.9 Å². The highest BCUT2D eigenvalue weighted by molar-refractivity contribution is 7.90. The van der Waals surface area contributed by atoms with Gasteiger partial charge in [0.25, 0.3) is 5.91 Å². The molecule has 0 aromatic heterocycles. The van der Waals surface area contributed by atoms with E-state index >= 15 is 0 Å². The largest absolute Gasteiger partial charge is 0.423 e. The Morgan fingerprint density at radius 3 is 2.08 bits per heavy atom. The smallest absolute Gasteiger partial charge is 0.386 e. The first kappa shape index (κ1) is 20.3. The lowest BCUT2D eigenvalue weighted by atomic mass is 10.0. The standard InChI is InChI=1S/C13H15F4NO5S/c1-24(22,23)8-4-2-7(3-5-8)10(19)9(6-14)18-12(21)11(20)13(15,16)17/h2-5,9-11,19-20H,6H2,1H3,(H,18,21)/t9-,10-,11-/m1/s1. The van der Waals surface area contributed by atoms with E-state index in [1.807, 2.05) is 0 Å². The van der Waals surface area contributed by atoms with Crippen LogP contribution in [0, 0.1) is 0 Å². The summed E-state index contributed by atoms with van der Waals surface area (Å²) >= 11 is 0. The Morgan fingerprint density at radius 2 is 1.71 bits per heavy atom. The van der Waals surface area contributed by atoms with Gasteiger partial charge in [0, 0.05) is 6.26 Å². The van der Waals surface area contributed by atoms with Gasteiger partial charge in [-0.3, -0.25) is 4.79 Å². The molecule has 1 aromatic rings. The number of carbonyl (C=O) groups excluding carboxylic acids is 1. The molecule has 1 amide bonds. The van der Waals surface area contributed by atoms with E-state index in [0.717, 1.165) is 30.5 Å². The van der Waals surface area contributed by atoms with Gasteiger partial charge in [-0.1, -0.05) is 12.1 Å². The predicted octanol–water partition coefficient (Wildman–Crippen LogP) is 0.501. The van der Waals surface area contributed by atoms with E-state index in [-0.39, 0.29) is 10.5 Å². The second-order valence-corrected chi connectivity index (χ2v) is 7.02. The molecule has 3 atom stereocenters. The number of aliphatic hydroxyl groups excluding tert-OH is 2. The Labute approximate surface area is 135 Å². The Balaban J connectivity index is 2.90. The van der Waals surface area contributed by atoms with Crippen molar-refractivity contribution < 1.29 is 41.0 Å². The molecule has 0 aliphatic heterocycles. The van der Waals surface area contributed by atoms with Crippen LogP contribution in [0.1, 0.15) is 11.7 Å². The average Bonchev–Trinajstić information content (AvgIpc) is 2.49. The number of alkyl halides is 4. The first-order valence-electron chi connectivity index (χ1n) is 6.47. The van der Waals surface area contributed by atoms with Gasteiger partial charge < -0.3 is 15.5 Å². The first-order chi connectivity index (χ1) is 10.9. The number of rotatable bonds is 6. The second kappa shape index (κ2) is 7.45. The minimum Gasteiger partial charge on any atom is -0.386 e. The highest BCUT2D eigenvalue weighted by Gasteiger charge is 2.44. The number of benzene rings is 1. The summed E-state index contributed by atoms with van der Waals surface area (Å²) < 4.78 is 72.2. The molecular formula is C13H15F4NO5S. The van der Waals surface area contributed by atoms with E-state index in [1.165, 1.54) is 0 Å². The summed E-state index contributed by atoms with van der Waals surface area (Å²) in [7, 11) is -3.50. The number of sulfone groups is 1. The molecule has 3 N–H and O–H groups in total. The van der Waals surface area contributed by atoms with Gasteiger partial charge in [-0.05, 0) is 17.7 Å². The van der Waals surface area contributed by atoms with Gasteiger partial charge in [-0.15, -0.1) is 0 Å². The van der Waals surface area contributed by atoms with Crippen molar-refractivity contribution in [1.82, 2.24) is 5.32 Å². The fourth-order valence-electron chi connectivity index (χ4n) is 1.76. The van der Waals surface area contributed by atoms with Crippen LogP contribution in [-0.2, 0) is 14.6 Å². The molecule has 136 valence electrons. The van der Waals surface area contributed by atoms with E-state index in [9.17, 15) is 35.9 Å². The number of nitrogens with one attached hydrogen (secondary N) is 1. The molecule has 0 aliphatic carbocycles. The summed E-state index contributed by atoms with van der Waals surface area (Å²) in [6, 6.07) is 2.76. The number of hydrogen-bond donors (Lipinski definition) is 3. The van der Waals surface area contributed by atoms with Crippen LogP contribution in [0.5, 0.6) is 0 Å². The molecule has 0 aliphatic rings. The van der Waals surface area contributed by atoms with Gasteiger partial charge in [-0.25, -0.2) is 12.8 Å². The lowest BCUT2D eigenvalue weighted by molar-refractivity contribution is -0.205. The molecule has 11 heteroatoms. The zero-order valence-corrected chi connectivity index (χ0v) is 13.1. The van der Waals surface area contributed by atoms with Gasteiger partial charge >= 0.3 is 6.18 Å². The normalized spacial score (nSPS) is 16.3. The molecule has 0 fully saturated rings. The van der Waals surface area contributed by atoms with E-state index in [1.54, 1.807) is 5.32 Å². The molecular weight excluding hydrogens is 358 g/mol. The Bertz CT molecular complexity index is 675. The monoisotopic (exact) mass is 373 g/mol. The number of aliphatic hydroxyl groups is 2. The summed E-state index contributed by atoms with van der Waals surface area (Å²) in [5.41, 5.74) is -0.0214. The van der Waals surface area contributed by atoms with E-state index in [0.29, 0.717) is 0 Å². The van der Waals surface area contributed by atoms with E-state index in [2.05, 4.69) is 0 Å². The number of halogens is 4. The van der Waals surface area contributed by atoms with Crippen LogP contribution in [0.15, 0.2) is 29.2 Å². The quantitative estimate of drug-likeness (QED) is 0.630. The van der Waals surface area contributed by atoms with Gasteiger partial charge in [-0.2, -0.15) is 13.2 Å². The van der Waals surface area contributed by atoms with Crippen molar-refractivity contribution in [2.75, 3.05) is 12.9 Å². The van der Waals surface area contributed by atoms with Crippen LogP contribution in [-0.4, -0.2) is 55.8 Å². The summed E-state index contributed by atoms with van der Waals surface area (Å²) in [4.78, 5) is 11.2. The van der Waals surface area contributed by atoms with Crippen molar-refractivity contribution in [2.24, 2.45) is 0 Å². The molecule has 0 heterocycles. The maximum Gasteiger partial charge on any atom is 0.423 e. The van der Waals surface area contributed by atoms with Crippen LogP contribution in [0.25, 0.3) is 0 Å². The third-order valence-corrected chi connectivity index (χ3v) is 4.21. The second-order valence-electron chi connectivity index (χ2n) is 5.00. The lowest BCUT2D eigenvalue weighted by Crippen LogP contribution is -2.50. The summed E-state index contributed by atoms with van der Waals surface area (Å²) in [6.07, 6.45) is -9.38. The number of amides is 1. The van der Waals surface area contributed by atoms with Gasteiger partial charge in [0.2, 0.25) is 6.10 Å². The topological polar surface area (TPSA) is 104 Å². The Kier molecular flexibility index (Phi) is 6.31. The van der Waals surface area contributed by atoms with Crippen molar-refractivity contribution in [3.8, 4) is 0 Å². The molecule has 0 bridgehead atoms. The lowest BCUT2D eigenvalue weighted by Gasteiger charge is -2.24. The Morgan fingerprint density at radius 1 is 1.21 bits per heavy atom. The molecule has 0 unspecified atom stereocenters. The summed E-state index contributed by atoms with van der Waals surface area (Å²) in [6.45, 7) is -1.41. The fraction of sp³-hybridized carbons (Fsp3) is 0.462. The highest BCUT2D eigenvalue weighted by atomic mass is 32.2. The highest BCUT2D eigenvalue weighted by Crippen LogP contribution is 2.22. The van der Waals surface area contributed by atoms with E-state index < -0.39 is 46.8 Å². The molecule has 6 nitrogen and oxygen atoms in total. The maximum atomic E-state index is 12.9. The SMILES string of the molecule is CS(=O)(=O)c1ccc([C@@H](O)[C@@H](CF)NC(=O)[C@@H](O)C(F)(F)F)cc1. The molecule has 24 heavy (non-hydrogen) atoms. The van der Waals surface area contributed by atoms with Crippen molar-refractivity contribution in [2.45, 2.75) is 29.3 Å². The zero-order chi connectivity index (χ0) is 18.7. The van der Waals surface area contributed by atoms with E-state index in [4.69, 9.17) is 5.11 Å². The maximum absolute atomic E-state index is 12.9. The van der Waals surface area contributed by atoms with Crippen molar-refractivity contribution >= 4 is 15.7 Å². The molecule has 0 saturated heterocycles. The Hall–Kier alpha value is -1.72. The first-order valence-corrected chi connectivity index (χ1v) is 8.36. The van der Waals surface area contributed by atoms with Crippen molar-refractivity contribution in [3.63, 3.8) is 0 Å². The third kappa shape index (κ3) is 5.14. The minimum absolute atomic E-state index is 0.0214. The fourth-order valence-corrected chi connectivity index (χ4v) is 2.39. The molecule has 1 rings (SSSR count). The number of carbonyl (C=O) groups is 1. The summed E-state index contributed by atoms with van der Waals surface area (Å²) in [5.74, 6) is -1.91. The van der Waals surface area contributed by atoms with Crippen LogP contribution >= 0.6 is 0 Å². The average molecular weight is 373 g/mol. The van der Waals surface area contributed by atoms with Crippen molar-refractivity contribution in [3.05, 3.63) is 29.8 Å². The van der Waals surface area contributed by atoms with Crippen LogP contribution in [0.2, 0.25) is 0 Å².